The highest BCUT2D eigenvalue weighted by Gasteiger charge is 2.23. The van der Waals surface area contributed by atoms with Crippen LogP contribution in [0.15, 0.2) is 18.2 Å². The number of ether oxygens (including phenoxy) is 2. The molecule has 1 aliphatic rings. The Bertz CT molecular complexity index is 399. The van der Waals surface area contributed by atoms with E-state index < -0.39 is 0 Å². The van der Waals surface area contributed by atoms with Gasteiger partial charge in [-0.2, -0.15) is 0 Å². The van der Waals surface area contributed by atoms with Crippen molar-refractivity contribution >= 4 is 0 Å². The van der Waals surface area contributed by atoms with Gasteiger partial charge in [-0.25, -0.2) is 4.39 Å². The van der Waals surface area contributed by atoms with Gasteiger partial charge < -0.3 is 14.8 Å². The lowest BCUT2D eigenvalue weighted by atomic mass is 10.1. The van der Waals surface area contributed by atoms with Crippen molar-refractivity contribution in [3.05, 3.63) is 29.6 Å². The highest BCUT2D eigenvalue weighted by atomic mass is 19.1. The van der Waals surface area contributed by atoms with Crippen LogP contribution in [0.25, 0.3) is 0 Å². The summed E-state index contributed by atoms with van der Waals surface area (Å²) in [6.45, 7) is 5.68. The van der Waals surface area contributed by atoms with Gasteiger partial charge in [0.05, 0.1) is 19.8 Å². The molecule has 0 bridgehead atoms. The molecule has 1 aromatic rings. The van der Waals surface area contributed by atoms with E-state index in [2.05, 4.69) is 19.2 Å². The molecule has 4 heteroatoms. The average molecular weight is 253 g/mol. The van der Waals surface area contributed by atoms with Crippen LogP contribution in [0.1, 0.15) is 25.5 Å². The van der Waals surface area contributed by atoms with Crippen molar-refractivity contribution in [2.24, 2.45) is 5.92 Å². The molecule has 1 heterocycles. The highest BCUT2D eigenvalue weighted by Crippen LogP contribution is 2.26. The molecule has 1 aromatic carbocycles. The van der Waals surface area contributed by atoms with E-state index in [1.807, 2.05) is 6.07 Å². The fourth-order valence-corrected chi connectivity index (χ4v) is 2.06. The summed E-state index contributed by atoms with van der Waals surface area (Å²) < 4.78 is 24.4. The van der Waals surface area contributed by atoms with E-state index in [9.17, 15) is 4.39 Å². The lowest BCUT2D eigenvalue weighted by molar-refractivity contribution is 0.0494. The van der Waals surface area contributed by atoms with Crippen LogP contribution in [0.5, 0.6) is 5.75 Å². The van der Waals surface area contributed by atoms with Gasteiger partial charge >= 0.3 is 0 Å². The molecule has 1 N–H and O–H groups in total. The van der Waals surface area contributed by atoms with Crippen LogP contribution in [0.2, 0.25) is 0 Å². The number of hydrogen-bond acceptors (Lipinski definition) is 3. The van der Waals surface area contributed by atoms with Gasteiger partial charge in [0, 0.05) is 12.6 Å². The first-order valence-corrected chi connectivity index (χ1v) is 6.30. The van der Waals surface area contributed by atoms with Gasteiger partial charge in [-0.1, -0.05) is 13.0 Å². The molecule has 0 radical (unpaired) electrons. The van der Waals surface area contributed by atoms with Crippen molar-refractivity contribution in [2.75, 3.05) is 20.3 Å². The first kappa shape index (κ1) is 13.3. The van der Waals surface area contributed by atoms with Crippen LogP contribution in [-0.4, -0.2) is 26.3 Å². The van der Waals surface area contributed by atoms with E-state index in [1.165, 1.54) is 13.2 Å². The van der Waals surface area contributed by atoms with Crippen molar-refractivity contribution in [1.82, 2.24) is 5.32 Å². The Kier molecular flexibility index (Phi) is 4.19. The number of hydrogen-bond donors (Lipinski definition) is 1. The first-order chi connectivity index (χ1) is 8.61. The molecular weight excluding hydrogens is 233 g/mol. The minimum Gasteiger partial charge on any atom is -0.494 e. The smallest absolute Gasteiger partial charge is 0.165 e. The lowest BCUT2D eigenvalue weighted by Gasteiger charge is -2.16. The van der Waals surface area contributed by atoms with E-state index in [0.29, 0.717) is 25.1 Å². The van der Waals surface area contributed by atoms with E-state index >= 15 is 0 Å². The van der Waals surface area contributed by atoms with Gasteiger partial charge in [0.15, 0.2) is 11.6 Å². The minimum atomic E-state index is -0.344. The van der Waals surface area contributed by atoms with Crippen LogP contribution >= 0.6 is 0 Å². The maximum Gasteiger partial charge on any atom is 0.165 e. The molecule has 0 spiro atoms. The monoisotopic (exact) mass is 253 g/mol. The number of rotatable bonds is 2. The molecule has 0 aliphatic carbocycles. The Morgan fingerprint density at radius 1 is 1.39 bits per heavy atom. The molecule has 3 nitrogen and oxygen atoms in total. The number of benzene rings is 1. The maximum atomic E-state index is 13.7. The van der Waals surface area contributed by atoms with Gasteiger partial charge in [-0.15, -0.1) is 0 Å². The standard InChI is InChI=1S/C14H20FNO2/c1-9-8-18-14(7-16-10(9)2)11-4-5-13(17-3)12(15)6-11/h4-6,9-10,14,16H,7-8H2,1-3H3. The average Bonchev–Trinajstić information content (AvgIpc) is 2.53. The predicted molar refractivity (Wildman–Crippen MR) is 68.3 cm³/mol. The van der Waals surface area contributed by atoms with E-state index in [0.717, 1.165) is 5.56 Å². The van der Waals surface area contributed by atoms with Crippen molar-refractivity contribution in [3.63, 3.8) is 0 Å². The normalized spacial score (nSPS) is 28.8. The van der Waals surface area contributed by atoms with Gasteiger partial charge in [-0.05, 0) is 30.5 Å². The SMILES string of the molecule is COc1ccc(C2CNC(C)C(C)CO2)cc1F. The lowest BCUT2D eigenvalue weighted by Crippen LogP contribution is -2.32. The quantitative estimate of drug-likeness (QED) is 0.878. The summed E-state index contributed by atoms with van der Waals surface area (Å²) in [4.78, 5) is 0. The zero-order valence-corrected chi connectivity index (χ0v) is 11.1. The fraction of sp³-hybridized carbons (Fsp3) is 0.571. The molecule has 3 atom stereocenters. The second-order valence-corrected chi connectivity index (χ2v) is 4.89. The molecule has 1 aliphatic heterocycles. The Balaban J connectivity index is 2.14. The third-order valence-electron chi connectivity index (χ3n) is 3.59. The van der Waals surface area contributed by atoms with Crippen molar-refractivity contribution < 1.29 is 13.9 Å². The summed E-state index contributed by atoms with van der Waals surface area (Å²) in [6, 6.07) is 5.41. The van der Waals surface area contributed by atoms with Crippen LogP contribution < -0.4 is 10.1 Å². The van der Waals surface area contributed by atoms with Gasteiger partial charge in [-0.3, -0.25) is 0 Å². The molecule has 18 heavy (non-hydrogen) atoms. The summed E-state index contributed by atoms with van der Waals surface area (Å²) in [5.41, 5.74) is 0.849. The van der Waals surface area contributed by atoms with Crippen LogP contribution in [0.3, 0.4) is 0 Å². The fourth-order valence-electron chi connectivity index (χ4n) is 2.06. The Labute approximate surface area is 107 Å². The molecule has 0 saturated carbocycles. The summed E-state index contributed by atoms with van der Waals surface area (Å²) >= 11 is 0. The number of methoxy groups -OCH3 is 1. The Morgan fingerprint density at radius 2 is 2.17 bits per heavy atom. The molecule has 1 saturated heterocycles. The molecule has 100 valence electrons. The third kappa shape index (κ3) is 2.82. The molecular formula is C14H20FNO2. The minimum absolute atomic E-state index is 0.0993. The zero-order chi connectivity index (χ0) is 13.1. The Hall–Kier alpha value is -1.13. The van der Waals surface area contributed by atoms with Gasteiger partial charge in [0.1, 0.15) is 0 Å². The van der Waals surface area contributed by atoms with Crippen LogP contribution in [-0.2, 0) is 4.74 Å². The summed E-state index contributed by atoms with van der Waals surface area (Å²) in [7, 11) is 1.46. The topological polar surface area (TPSA) is 30.5 Å². The third-order valence-corrected chi connectivity index (χ3v) is 3.59. The molecule has 0 amide bonds. The van der Waals surface area contributed by atoms with Crippen molar-refractivity contribution in [1.29, 1.82) is 0 Å². The summed E-state index contributed by atoms with van der Waals surface area (Å²) in [5.74, 6) is 0.379. The van der Waals surface area contributed by atoms with E-state index in [1.54, 1.807) is 6.07 Å². The van der Waals surface area contributed by atoms with Crippen LogP contribution in [0, 0.1) is 11.7 Å². The van der Waals surface area contributed by atoms with Crippen molar-refractivity contribution in [3.8, 4) is 5.75 Å². The highest BCUT2D eigenvalue weighted by molar-refractivity contribution is 5.30. The number of nitrogens with one attached hydrogen (secondary N) is 1. The van der Waals surface area contributed by atoms with Crippen LogP contribution in [0.4, 0.5) is 4.39 Å². The second kappa shape index (κ2) is 5.67. The molecule has 2 rings (SSSR count). The van der Waals surface area contributed by atoms with Gasteiger partial charge in [0.2, 0.25) is 0 Å². The first-order valence-electron chi connectivity index (χ1n) is 6.30. The predicted octanol–water partition coefficient (Wildman–Crippen LogP) is 2.52. The molecule has 3 unspecified atom stereocenters. The molecule has 0 aromatic heterocycles. The Morgan fingerprint density at radius 3 is 2.83 bits per heavy atom. The maximum absolute atomic E-state index is 13.7. The zero-order valence-electron chi connectivity index (χ0n) is 11.1. The summed E-state index contributed by atoms with van der Waals surface area (Å²) in [5, 5.41) is 3.41. The largest absolute Gasteiger partial charge is 0.494 e. The number of halogens is 1. The molecule has 1 fully saturated rings. The van der Waals surface area contributed by atoms with E-state index in [4.69, 9.17) is 9.47 Å². The second-order valence-electron chi connectivity index (χ2n) is 4.89. The van der Waals surface area contributed by atoms with E-state index in [-0.39, 0.29) is 17.7 Å². The summed E-state index contributed by atoms with van der Waals surface area (Å²) in [6.07, 6.45) is -0.0993. The van der Waals surface area contributed by atoms with Gasteiger partial charge in [0.25, 0.3) is 0 Å². The van der Waals surface area contributed by atoms with Crippen molar-refractivity contribution in [2.45, 2.75) is 26.0 Å².